The SMILES string of the molecule is CCCN(CCC)CC(C)(N)c1cccc(OC)c1. The second-order valence-corrected chi connectivity index (χ2v) is 5.43. The van der Waals surface area contributed by atoms with Crippen molar-refractivity contribution in [1.29, 1.82) is 0 Å². The molecule has 2 N–H and O–H groups in total. The van der Waals surface area contributed by atoms with Gasteiger partial charge >= 0.3 is 0 Å². The molecule has 19 heavy (non-hydrogen) atoms. The van der Waals surface area contributed by atoms with Crippen molar-refractivity contribution in [3.05, 3.63) is 29.8 Å². The Labute approximate surface area is 117 Å². The molecule has 0 fully saturated rings. The maximum Gasteiger partial charge on any atom is 0.119 e. The van der Waals surface area contributed by atoms with Gasteiger partial charge in [-0.1, -0.05) is 26.0 Å². The molecular formula is C16H28N2O. The van der Waals surface area contributed by atoms with Crippen LogP contribution >= 0.6 is 0 Å². The van der Waals surface area contributed by atoms with Crippen LogP contribution < -0.4 is 10.5 Å². The first-order valence-electron chi connectivity index (χ1n) is 7.19. The fraction of sp³-hybridized carbons (Fsp3) is 0.625. The Hall–Kier alpha value is -1.06. The van der Waals surface area contributed by atoms with Gasteiger partial charge in [-0.05, 0) is 50.6 Å². The minimum absolute atomic E-state index is 0.348. The number of nitrogens with two attached hydrogens (primary N) is 1. The van der Waals surface area contributed by atoms with Gasteiger partial charge in [-0.2, -0.15) is 0 Å². The van der Waals surface area contributed by atoms with E-state index in [0.717, 1.165) is 43.8 Å². The van der Waals surface area contributed by atoms with Crippen LogP contribution in [0.3, 0.4) is 0 Å². The van der Waals surface area contributed by atoms with E-state index in [9.17, 15) is 0 Å². The summed E-state index contributed by atoms with van der Waals surface area (Å²) in [6.07, 6.45) is 2.32. The van der Waals surface area contributed by atoms with Gasteiger partial charge < -0.3 is 15.4 Å². The summed E-state index contributed by atoms with van der Waals surface area (Å²) >= 11 is 0. The quantitative estimate of drug-likeness (QED) is 0.784. The highest BCUT2D eigenvalue weighted by Gasteiger charge is 2.24. The van der Waals surface area contributed by atoms with E-state index in [0.29, 0.717) is 0 Å². The van der Waals surface area contributed by atoms with Gasteiger partial charge in [0, 0.05) is 6.54 Å². The van der Waals surface area contributed by atoms with E-state index in [1.807, 2.05) is 18.2 Å². The normalized spacial score (nSPS) is 14.4. The summed E-state index contributed by atoms with van der Waals surface area (Å²) in [5.41, 5.74) is 7.31. The molecule has 0 bridgehead atoms. The van der Waals surface area contributed by atoms with Crippen molar-refractivity contribution in [2.45, 2.75) is 39.2 Å². The minimum Gasteiger partial charge on any atom is -0.497 e. The van der Waals surface area contributed by atoms with Crippen LogP contribution in [-0.4, -0.2) is 31.6 Å². The summed E-state index contributed by atoms with van der Waals surface area (Å²) < 4.78 is 5.28. The van der Waals surface area contributed by atoms with Crippen LogP contribution in [0.1, 0.15) is 39.2 Å². The summed E-state index contributed by atoms with van der Waals surface area (Å²) in [6, 6.07) is 8.08. The molecule has 0 saturated heterocycles. The standard InChI is InChI=1S/C16H28N2O/c1-5-10-18(11-6-2)13-16(3,17)14-8-7-9-15(12-14)19-4/h7-9,12H,5-6,10-11,13,17H2,1-4H3. The van der Waals surface area contributed by atoms with Crippen molar-refractivity contribution in [1.82, 2.24) is 4.90 Å². The van der Waals surface area contributed by atoms with Gasteiger partial charge in [-0.25, -0.2) is 0 Å². The van der Waals surface area contributed by atoms with E-state index >= 15 is 0 Å². The first kappa shape index (κ1) is 16.0. The lowest BCUT2D eigenvalue weighted by Crippen LogP contribution is -2.45. The summed E-state index contributed by atoms with van der Waals surface area (Å²) in [6.45, 7) is 9.60. The Morgan fingerprint density at radius 1 is 1.21 bits per heavy atom. The number of methoxy groups -OCH3 is 1. The molecule has 0 heterocycles. The molecular weight excluding hydrogens is 236 g/mol. The maximum absolute atomic E-state index is 6.53. The molecule has 0 saturated carbocycles. The van der Waals surface area contributed by atoms with Crippen LogP contribution in [0.25, 0.3) is 0 Å². The van der Waals surface area contributed by atoms with Crippen molar-refractivity contribution in [2.75, 3.05) is 26.7 Å². The lowest BCUT2D eigenvalue weighted by Gasteiger charge is -2.33. The molecule has 1 aromatic rings. The zero-order chi connectivity index (χ0) is 14.3. The summed E-state index contributed by atoms with van der Waals surface area (Å²) in [7, 11) is 1.69. The average Bonchev–Trinajstić information content (AvgIpc) is 2.39. The van der Waals surface area contributed by atoms with Crippen LogP contribution in [-0.2, 0) is 5.54 Å². The van der Waals surface area contributed by atoms with Crippen LogP contribution in [0, 0.1) is 0 Å². The molecule has 1 rings (SSSR count). The Morgan fingerprint density at radius 3 is 2.37 bits per heavy atom. The lowest BCUT2D eigenvalue weighted by atomic mass is 9.92. The zero-order valence-corrected chi connectivity index (χ0v) is 12.8. The van der Waals surface area contributed by atoms with Crippen LogP contribution in [0.15, 0.2) is 24.3 Å². The highest BCUT2D eigenvalue weighted by molar-refractivity contribution is 5.33. The van der Waals surface area contributed by atoms with Gasteiger partial charge in [0.2, 0.25) is 0 Å². The van der Waals surface area contributed by atoms with E-state index in [1.54, 1.807) is 7.11 Å². The molecule has 3 nitrogen and oxygen atoms in total. The summed E-state index contributed by atoms with van der Waals surface area (Å²) in [4.78, 5) is 2.44. The molecule has 0 aliphatic heterocycles. The van der Waals surface area contributed by atoms with Crippen molar-refractivity contribution in [2.24, 2.45) is 5.73 Å². The number of hydrogen-bond donors (Lipinski definition) is 1. The Kier molecular flexibility index (Phi) is 6.32. The highest BCUT2D eigenvalue weighted by Crippen LogP contribution is 2.23. The van der Waals surface area contributed by atoms with Crippen molar-refractivity contribution in [3.63, 3.8) is 0 Å². The molecule has 0 aromatic heterocycles. The van der Waals surface area contributed by atoms with Gasteiger partial charge in [0.25, 0.3) is 0 Å². The van der Waals surface area contributed by atoms with Gasteiger partial charge in [-0.3, -0.25) is 0 Å². The molecule has 0 aliphatic rings. The number of ether oxygens (including phenoxy) is 1. The topological polar surface area (TPSA) is 38.5 Å². The molecule has 108 valence electrons. The third-order valence-electron chi connectivity index (χ3n) is 3.36. The maximum atomic E-state index is 6.53. The third kappa shape index (κ3) is 4.84. The average molecular weight is 264 g/mol. The largest absolute Gasteiger partial charge is 0.497 e. The first-order valence-corrected chi connectivity index (χ1v) is 7.19. The third-order valence-corrected chi connectivity index (χ3v) is 3.36. The second-order valence-electron chi connectivity index (χ2n) is 5.43. The monoisotopic (exact) mass is 264 g/mol. The fourth-order valence-corrected chi connectivity index (χ4v) is 2.44. The predicted molar refractivity (Wildman–Crippen MR) is 81.6 cm³/mol. The lowest BCUT2D eigenvalue weighted by molar-refractivity contribution is 0.217. The molecule has 0 radical (unpaired) electrons. The van der Waals surface area contributed by atoms with Crippen molar-refractivity contribution >= 4 is 0 Å². The van der Waals surface area contributed by atoms with E-state index in [-0.39, 0.29) is 5.54 Å². The number of rotatable bonds is 8. The van der Waals surface area contributed by atoms with Gasteiger partial charge in [0.1, 0.15) is 5.75 Å². The molecule has 0 amide bonds. The Bertz CT molecular complexity index is 371. The van der Waals surface area contributed by atoms with E-state index in [1.165, 1.54) is 0 Å². The van der Waals surface area contributed by atoms with Crippen LogP contribution in [0.2, 0.25) is 0 Å². The van der Waals surface area contributed by atoms with E-state index in [4.69, 9.17) is 10.5 Å². The van der Waals surface area contributed by atoms with Crippen molar-refractivity contribution < 1.29 is 4.74 Å². The predicted octanol–water partition coefficient (Wildman–Crippen LogP) is 2.99. The van der Waals surface area contributed by atoms with Gasteiger partial charge in [0.15, 0.2) is 0 Å². The molecule has 0 aliphatic carbocycles. The van der Waals surface area contributed by atoms with Gasteiger partial charge in [0.05, 0.1) is 12.6 Å². The van der Waals surface area contributed by atoms with E-state index in [2.05, 4.69) is 31.7 Å². The van der Waals surface area contributed by atoms with Gasteiger partial charge in [-0.15, -0.1) is 0 Å². The molecule has 1 atom stereocenters. The Morgan fingerprint density at radius 2 is 1.84 bits per heavy atom. The van der Waals surface area contributed by atoms with Crippen LogP contribution in [0.4, 0.5) is 0 Å². The molecule has 1 aromatic carbocycles. The number of nitrogens with zero attached hydrogens (tertiary/aromatic N) is 1. The zero-order valence-electron chi connectivity index (χ0n) is 12.8. The first-order chi connectivity index (χ1) is 9.03. The second kappa shape index (κ2) is 7.51. The Balaban J connectivity index is 2.82. The van der Waals surface area contributed by atoms with Crippen molar-refractivity contribution in [3.8, 4) is 5.75 Å². The smallest absolute Gasteiger partial charge is 0.119 e. The highest BCUT2D eigenvalue weighted by atomic mass is 16.5. The van der Waals surface area contributed by atoms with E-state index < -0.39 is 0 Å². The number of hydrogen-bond acceptors (Lipinski definition) is 3. The summed E-state index contributed by atoms with van der Waals surface area (Å²) in [5.74, 6) is 0.867. The minimum atomic E-state index is -0.348. The fourth-order valence-electron chi connectivity index (χ4n) is 2.44. The molecule has 3 heteroatoms. The molecule has 0 spiro atoms. The molecule has 1 unspecified atom stereocenters. The number of benzene rings is 1. The summed E-state index contributed by atoms with van der Waals surface area (Å²) in [5, 5.41) is 0. The van der Waals surface area contributed by atoms with Crippen LogP contribution in [0.5, 0.6) is 5.75 Å².